The van der Waals surface area contributed by atoms with Crippen molar-refractivity contribution < 1.29 is 0 Å². The summed E-state index contributed by atoms with van der Waals surface area (Å²) < 4.78 is 2.11. The molecule has 3 rings (SSSR count). The first kappa shape index (κ1) is 11.0. The van der Waals surface area contributed by atoms with E-state index in [-0.39, 0.29) is 0 Å². The van der Waals surface area contributed by atoms with E-state index in [0.29, 0.717) is 5.82 Å². The summed E-state index contributed by atoms with van der Waals surface area (Å²) in [5.41, 5.74) is 9.08. The minimum atomic E-state index is 0.524. The van der Waals surface area contributed by atoms with Gasteiger partial charge in [-0.1, -0.05) is 0 Å². The van der Waals surface area contributed by atoms with E-state index in [0.717, 1.165) is 17.8 Å². The maximum absolute atomic E-state index is 5.71. The molecule has 0 amide bonds. The average molecular weight is 256 g/mol. The zero-order valence-electron chi connectivity index (χ0n) is 9.65. The highest BCUT2D eigenvalue weighted by Gasteiger charge is 2.06. The third-order valence-electron chi connectivity index (χ3n) is 2.72. The zero-order chi connectivity index (χ0) is 12.4. The fourth-order valence-corrected chi connectivity index (χ4v) is 2.53. The summed E-state index contributed by atoms with van der Waals surface area (Å²) in [6.45, 7) is 0.820. The van der Waals surface area contributed by atoms with Crippen molar-refractivity contribution in [1.29, 1.82) is 0 Å². The number of rotatable bonds is 3. The van der Waals surface area contributed by atoms with Gasteiger partial charge in [0.15, 0.2) is 0 Å². The smallest absolute Gasteiger partial charge is 0.123 e. The van der Waals surface area contributed by atoms with Gasteiger partial charge in [-0.3, -0.25) is 0 Å². The first-order chi connectivity index (χ1) is 8.83. The van der Waals surface area contributed by atoms with Crippen LogP contribution < -0.4 is 5.73 Å². The van der Waals surface area contributed by atoms with Crippen molar-refractivity contribution in [3.63, 3.8) is 0 Å². The quantitative estimate of drug-likeness (QED) is 0.783. The van der Waals surface area contributed by atoms with Crippen LogP contribution in [0.15, 0.2) is 47.7 Å². The number of nitrogens with two attached hydrogens (primary N) is 1. The molecule has 0 unspecified atom stereocenters. The number of hydrogen-bond acceptors (Lipinski definition) is 4. The Morgan fingerprint density at radius 1 is 1.33 bits per heavy atom. The summed E-state index contributed by atoms with van der Waals surface area (Å²) >= 11 is 1.70. The third kappa shape index (κ3) is 2.12. The van der Waals surface area contributed by atoms with Crippen molar-refractivity contribution in [2.75, 3.05) is 5.73 Å². The highest BCUT2D eigenvalue weighted by Crippen LogP contribution is 2.21. The van der Waals surface area contributed by atoms with Crippen LogP contribution in [0.1, 0.15) is 5.56 Å². The lowest BCUT2D eigenvalue weighted by Crippen LogP contribution is -1.99. The molecule has 3 aromatic rings. The monoisotopic (exact) mass is 256 g/mol. The molecule has 0 atom stereocenters. The van der Waals surface area contributed by atoms with E-state index in [4.69, 9.17) is 5.73 Å². The van der Waals surface area contributed by atoms with Crippen LogP contribution in [0.5, 0.6) is 0 Å². The van der Waals surface area contributed by atoms with Gasteiger partial charge in [-0.2, -0.15) is 11.3 Å². The first-order valence-corrected chi connectivity index (χ1v) is 6.50. The predicted molar refractivity (Wildman–Crippen MR) is 73.3 cm³/mol. The van der Waals surface area contributed by atoms with Crippen LogP contribution >= 0.6 is 11.3 Å². The molecule has 0 aliphatic carbocycles. The number of thiophene rings is 1. The van der Waals surface area contributed by atoms with E-state index in [9.17, 15) is 0 Å². The summed E-state index contributed by atoms with van der Waals surface area (Å²) in [6.07, 6.45) is 5.40. The number of anilines is 1. The molecule has 0 bridgehead atoms. The second-order valence-electron chi connectivity index (χ2n) is 4.01. The van der Waals surface area contributed by atoms with Gasteiger partial charge in [0.1, 0.15) is 5.82 Å². The molecule has 0 spiro atoms. The van der Waals surface area contributed by atoms with Crippen molar-refractivity contribution in [1.82, 2.24) is 14.5 Å². The molecule has 0 aliphatic heterocycles. The highest BCUT2D eigenvalue weighted by atomic mass is 32.1. The van der Waals surface area contributed by atoms with Gasteiger partial charge in [-0.25, -0.2) is 9.97 Å². The molecule has 0 fully saturated rings. The summed E-state index contributed by atoms with van der Waals surface area (Å²) in [7, 11) is 0. The van der Waals surface area contributed by atoms with E-state index in [1.807, 2.05) is 24.7 Å². The Labute approximate surface area is 109 Å². The minimum Gasteiger partial charge on any atom is -0.384 e. The number of hydrogen-bond donors (Lipinski definition) is 1. The van der Waals surface area contributed by atoms with Gasteiger partial charge in [-0.05, 0) is 34.5 Å². The number of aromatic nitrogens is 3. The van der Waals surface area contributed by atoms with Crippen molar-refractivity contribution in [3.05, 3.63) is 53.2 Å². The standard InChI is InChI=1S/C13H12N4S/c14-13-5-11(1-3-16-13)12-6-15-9-17(12)7-10-2-4-18-8-10/h1-6,8-9H,7H2,(H2,14,16). The molecule has 0 aromatic carbocycles. The molecule has 90 valence electrons. The Kier molecular flexibility index (Phi) is 2.82. The molecule has 2 N–H and O–H groups in total. The van der Waals surface area contributed by atoms with Gasteiger partial charge in [0.25, 0.3) is 0 Å². The average Bonchev–Trinajstić information content (AvgIpc) is 3.01. The van der Waals surface area contributed by atoms with Crippen LogP contribution in [0.4, 0.5) is 5.82 Å². The van der Waals surface area contributed by atoms with Crippen LogP contribution in [0.3, 0.4) is 0 Å². The molecule has 18 heavy (non-hydrogen) atoms. The molecular weight excluding hydrogens is 244 g/mol. The Bertz CT molecular complexity index is 643. The zero-order valence-corrected chi connectivity index (χ0v) is 10.5. The Hall–Kier alpha value is -2.14. The lowest BCUT2D eigenvalue weighted by Gasteiger charge is -2.07. The van der Waals surface area contributed by atoms with E-state index in [1.165, 1.54) is 5.56 Å². The van der Waals surface area contributed by atoms with Gasteiger partial charge in [0.2, 0.25) is 0 Å². The highest BCUT2D eigenvalue weighted by molar-refractivity contribution is 7.07. The maximum atomic E-state index is 5.71. The Morgan fingerprint density at radius 3 is 3.06 bits per heavy atom. The fraction of sp³-hybridized carbons (Fsp3) is 0.0769. The van der Waals surface area contributed by atoms with Crippen molar-refractivity contribution in [2.45, 2.75) is 6.54 Å². The van der Waals surface area contributed by atoms with Crippen LogP contribution in [-0.4, -0.2) is 14.5 Å². The predicted octanol–water partition coefficient (Wildman–Crippen LogP) is 2.64. The maximum Gasteiger partial charge on any atom is 0.123 e. The second-order valence-corrected chi connectivity index (χ2v) is 4.79. The molecule has 0 radical (unpaired) electrons. The molecule has 0 aliphatic rings. The summed E-state index contributed by atoms with van der Waals surface area (Å²) in [5.74, 6) is 0.524. The number of nitrogens with zero attached hydrogens (tertiary/aromatic N) is 3. The van der Waals surface area contributed by atoms with E-state index in [2.05, 4.69) is 31.4 Å². The van der Waals surface area contributed by atoms with Crippen LogP contribution in [0.2, 0.25) is 0 Å². The van der Waals surface area contributed by atoms with Crippen LogP contribution in [0.25, 0.3) is 11.3 Å². The van der Waals surface area contributed by atoms with Gasteiger partial charge in [0, 0.05) is 18.3 Å². The molecule has 0 saturated carbocycles. The normalized spacial score (nSPS) is 10.7. The van der Waals surface area contributed by atoms with Crippen LogP contribution in [0, 0.1) is 0 Å². The number of nitrogen functional groups attached to an aromatic ring is 1. The largest absolute Gasteiger partial charge is 0.384 e. The summed E-state index contributed by atoms with van der Waals surface area (Å²) in [5, 5.41) is 4.22. The van der Waals surface area contributed by atoms with Gasteiger partial charge < -0.3 is 10.3 Å². The molecule has 3 aromatic heterocycles. The molecule has 0 saturated heterocycles. The lowest BCUT2D eigenvalue weighted by molar-refractivity contribution is 0.807. The first-order valence-electron chi connectivity index (χ1n) is 5.56. The molecular formula is C13H12N4S. The Morgan fingerprint density at radius 2 is 2.28 bits per heavy atom. The fourth-order valence-electron chi connectivity index (χ4n) is 1.87. The van der Waals surface area contributed by atoms with Crippen molar-refractivity contribution in [2.24, 2.45) is 0 Å². The molecule has 3 heterocycles. The molecule has 5 heteroatoms. The number of imidazole rings is 1. The van der Waals surface area contributed by atoms with Crippen LogP contribution in [-0.2, 0) is 6.54 Å². The van der Waals surface area contributed by atoms with E-state index >= 15 is 0 Å². The third-order valence-corrected chi connectivity index (χ3v) is 3.45. The number of pyridine rings is 1. The summed E-state index contributed by atoms with van der Waals surface area (Å²) in [4.78, 5) is 8.22. The van der Waals surface area contributed by atoms with Gasteiger partial charge >= 0.3 is 0 Å². The van der Waals surface area contributed by atoms with Gasteiger partial charge in [0.05, 0.1) is 18.2 Å². The second kappa shape index (κ2) is 4.62. The van der Waals surface area contributed by atoms with E-state index in [1.54, 1.807) is 17.5 Å². The van der Waals surface area contributed by atoms with Crippen molar-refractivity contribution >= 4 is 17.2 Å². The lowest BCUT2D eigenvalue weighted by atomic mass is 10.2. The van der Waals surface area contributed by atoms with E-state index < -0.39 is 0 Å². The van der Waals surface area contributed by atoms with Gasteiger partial charge in [-0.15, -0.1) is 0 Å². The minimum absolute atomic E-state index is 0.524. The molecule has 4 nitrogen and oxygen atoms in total. The topological polar surface area (TPSA) is 56.7 Å². The SMILES string of the molecule is Nc1cc(-c2cncn2Cc2ccsc2)ccn1. The Balaban J connectivity index is 1.96. The summed E-state index contributed by atoms with van der Waals surface area (Å²) in [6, 6.07) is 5.92. The van der Waals surface area contributed by atoms with Crippen molar-refractivity contribution in [3.8, 4) is 11.3 Å².